The quantitative estimate of drug-likeness (QED) is 0.786. The lowest BCUT2D eigenvalue weighted by molar-refractivity contribution is 0.0796. The molecule has 4 nitrogen and oxygen atoms in total. The zero-order valence-corrected chi connectivity index (χ0v) is 9.86. The summed E-state index contributed by atoms with van der Waals surface area (Å²) in [7, 11) is 1.67. The smallest absolute Gasteiger partial charge is 0.256 e. The highest BCUT2D eigenvalue weighted by Crippen LogP contribution is 2.14. The van der Waals surface area contributed by atoms with Crippen molar-refractivity contribution in [2.45, 2.75) is 6.42 Å². The fraction of sp³-hybridized carbons (Fsp3) is 0.300. The molecule has 0 saturated carbocycles. The summed E-state index contributed by atoms with van der Waals surface area (Å²) in [6.45, 7) is 0.427. The lowest BCUT2D eigenvalue weighted by Gasteiger charge is -2.15. The van der Waals surface area contributed by atoms with Crippen molar-refractivity contribution in [2.75, 3.05) is 13.6 Å². The van der Waals surface area contributed by atoms with Crippen molar-refractivity contribution in [2.24, 2.45) is 0 Å². The van der Waals surface area contributed by atoms with Crippen LogP contribution in [-0.4, -0.2) is 29.4 Å². The molecule has 0 aliphatic heterocycles. The molecule has 1 heterocycles. The van der Waals surface area contributed by atoms with E-state index in [9.17, 15) is 4.79 Å². The highest BCUT2D eigenvalue weighted by molar-refractivity contribution is 9.10. The fourth-order valence-corrected chi connectivity index (χ4v) is 1.49. The van der Waals surface area contributed by atoms with E-state index in [0.29, 0.717) is 23.1 Å². The lowest BCUT2D eigenvalue weighted by Crippen LogP contribution is -2.27. The first-order chi connectivity index (χ1) is 7.16. The van der Waals surface area contributed by atoms with Crippen LogP contribution < -0.4 is 0 Å². The summed E-state index contributed by atoms with van der Waals surface area (Å²) in [4.78, 5) is 17.3. The normalized spacial score (nSPS) is 9.40. The molecule has 0 saturated heterocycles. The Hall–Kier alpha value is -1.41. The van der Waals surface area contributed by atoms with Gasteiger partial charge in [-0.25, -0.2) is 4.98 Å². The number of hydrogen-bond acceptors (Lipinski definition) is 3. The van der Waals surface area contributed by atoms with Crippen molar-refractivity contribution >= 4 is 21.8 Å². The molecule has 0 fully saturated rings. The van der Waals surface area contributed by atoms with Crippen LogP contribution in [0, 0.1) is 11.3 Å². The molecule has 0 radical (unpaired) electrons. The Balaban J connectivity index is 2.77. The van der Waals surface area contributed by atoms with E-state index < -0.39 is 0 Å². The third-order valence-electron chi connectivity index (χ3n) is 1.90. The molecule has 0 spiro atoms. The molecule has 0 N–H and O–H groups in total. The van der Waals surface area contributed by atoms with Gasteiger partial charge in [0, 0.05) is 19.8 Å². The van der Waals surface area contributed by atoms with Crippen molar-refractivity contribution in [3.8, 4) is 6.07 Å². The molecule has 0 atom stereocenters. The maximum absolute atomic E-state index is 11.8. The Morgan fingerprint density at radius 1 is 1.73 bits per heavy atom. The number of nitrogens with zero attached hydrogens (tertiary/aromatic N) is 3. The number of aromatic nitrogens is 1. The number of carbonyl (C=O) groups is 1. The highest BCUT2D eigenvalue weighted by atomic mass is 79.9. The number of hydrogen-bond donors (Lipinski definition) is 0. The minimum atomic E-state index is -0.134. The topological polar surface area (TPSA) is 57.0 Å². The standard InChI is InChI=1S/C10H10BrN3O/c1-14(7-3-5-12)10(15)8-4-2-6-13-9(8)11/h2,4,6H,3,7H2,1H3. The summed E-state index contributed by atoms with van der Waals surface area (Å²) in [5, 5.41) is 8.41. The highest BCUT2D eigenvalue weighted by Gasteiger charge is 2.14. The molecule has 0 aromatic carbocycles. The van der Waals surface area contributed by atoms with Crippen molar-refractivity contribution in [1.29, 1.82) is 5.26 Å². The summed E-state index contributed by atoms with van der Waals surface area (Å²) < 4.78 is 0.527. The minimum Gasteiger partial charge on any atom is -0.341 e. The number of rotatable bonds is 3. The minimum absolute atomic E-state index is 0.134. The van der Waals surface area contributed by atoms with E-state index >= 15 is 0 Å². The van der Waals surface area contributed by atoms with Gasteiger partial charge in [-0.1, -0.05) is 0 Å². The van der Waals surface area contributed by atoms with Gasteiger partial charge in [0.15, 0.2) is 0 Å². The summed E-state index contributed by atoms with van der Waals surface area (Å²) in [6, 6.07) is 5.40. The molecule has 1 rings (SSSR count). The van der Waals surface area contributed by atoms with Crippen LogP contribution >= 0.6 is 15.9 Å². The molecule has 5 heteroatoms. The first-order valence-electron chi connectivity index (χ1n) is 4.39. The van der Waals surface area contributed by atoms with Crippen molar-refractivity contribution in [3.63, 3.8) is 0 Å². The number of carbonyl (C=O) groups excluding carboxylic acids is 1. The van der Waals surface area contributed by atoms with Gasteiger partial charge >= 0.3 is 0 Å². The van der Waals surface area contributed by atoms with Crippen LogP contribution in [-0.2, 0) is 0 Å². The summed E-state index contributed by atoms with van der Waals surface area (Å²) in [5.41, 5.74) is 0.512. The van der Waals surface area contributed by atoms with E-state index in [4.69, 9.17) is 5.26 Å². The fourth-order valence-electron chi connectivity index (χ4n) is 1.07. The van der Waals surface area contributed by atoms with Crippen molar-refractivity contribution in [3.05, 3.63) is 28.5 Å². The molecule has 0 unspecified atom stereocenters. The van der Waals surface area contributed by atoms with Crippen LogP contribution in [0.4, 0.5) is 0 Å². The Labute approximate surface area is 96.7 Å². The predicted octanol–water partition coefficient (Wildman–Crippen LogP) is 1.83. The van der Waals surface area contributed by atoms with E-state index in [-0.39, 0.29) is 5.91 Å². The molecule has 1 aromatic rings. The number of pyridine rings is 1. The van der Waals surface area contributed by atoms with Crippen LogP contribution in [0.2, 0.25) is 0 Å². The van der Waals surface area contributed by atoms with Gasteiger partial charge < -0.3 is 4.90 Å². The second kappa shape index (κ2) is 5.47. The number of nitriles is 1. The molecular formula is C10H10BrN3O. The van der Waals surface area contributed by atoms with Gasteiger partial charge in [0.1, 0.15) is 4.60 Å². The first-order valence-corrected chi connectivity index (χ1v) is 5.19. The SMILES string of the molecule is CN(CCC#N)C(=O)c1cccnc1Br. The number of halogens is 1. The molecule has 0 aliphatic carbocycles. The van der Waals surface area contributed by atoms with Crippen LogP contribution in [0.1, 0.15) is 16.8 Å². The average Bonchev–Trinajstić information content (AvgIpc) is 2.25. The molecule has 15 heavy (non-hydrogen) atoms. The molecule has 1 amide bonds. The average molecular weight is 268 g/mol. The predicted molar refractivity (Wildman–Crippen MR) is 59.1 cm³/mol. The first kappa shape index (κ1) is 11.7. The van der Waals surface area contributed by atoms with E-state index in [1.165, 1.54) is 4.90 Å². The zero-order valence-electron chi connectivity index (χ0n) is 8.27. The molecule has 1 aromatic heterocycles. The van der Waals surface area contributed by atoms with E-state index in [0.717, 1.165) is 0 Å². The maximum atomic E-state index is 11.8. The van der Waals surface area contributed by atoms with Gasteiger partial charge in [-0.3, -0.25) is 4.79 Å². The second-order valence-corrected chi connectivity index (χ2v) is 3.73. The van der Waals surface area contributed by atoms with Gasteiger partial charge in [0.05, 0.1) is 18.1 Å². The van der Waals surface area contributed by atoms with Crippen molar-refractivity contribution in [1.82, 2.24) is 9.88 Å². The largest absolute Gasteiger partial charge is 0.341 e. The van der Waals surface area contributed by atoms with Gasteiger partial charge in [0.25, 0.3) is 5.91 Å². The van der Waals surface area contributed by atoms with Gasteiger partial charge in [-0.05, 0) is 28.1 Å². The third kappa shape index (κ3) is 3.03. The molecular weight excluding hydrogens is 258 g/mol. The lowest BCUT2D eigenvalue weighted by atomic mass is 10.2. The molecule has 0 aliphatic rings. The van der Waals surface area contributed by atoms with Crippen LogP contribution in [0.25, 0.3) is 0 Å². The summed E-state index contributed by atoms with van der Waals surface area (Å²) >= 11 is 3.21. The Kier molecular flexibility index (Phi) is 4.25. The summed E-state index contributed by atoms with van der Waals surface area (Å²) in [6.07, 6.45) is 1.94. The van der Waals surface area contributed by atoms with Gasteiger partial charge in [-0.15, -0.1) is 0 Å². The van der Waals surface area contributed by atoms with Gasteiger partial charge in [0.2, 0.25) is 0 Å². The zero-order chi connectivity index (χ0) is 11.3. The Morgan fingerprint density at radius 2 is 2.47 bits per heavy atom. The van der Waals surface area contributed by atoms with Gasteiger partial charge in [-0.2, -0.15) is 5.26 Å². The second-order valence-electron chi connectivity index (χ2n) is 2.98. The molecule has 78 valence electrons. The third-order valence-corrected chi connectivity index (χ3v) is 2.53. The van der Waals surface area contributed by atoms with E-state index in [1.807, 2.05) is 6.07 Å². The van der Waals surface area contributed by atoms with E-state index in [2.05, 4.69) is 20.9 Å². The summed E-state index contributed by atoms with van der Waals surface area (Å²) in [5.74, 6) is -0.134. The Bertz CT molecular complexity index is 400. The van der Waals surface area contributed by atoms with Crippen LogP contribution in [0.15, 0.2) is 22.9 Å². The Morgan fingerprint density at radius 3 is 3.07 bits per heavy atom. The number of amides is 1. The monoisotopic (exact) mass is 267 g/mol. The van der Waals surface area contributed by atoms with Crippen molar-refractivity contribution < 1.29 is 4.79 Å². The maximum Gasteiger partial charge on any atom is 0.256 e. The van der Waals surface area contributed by atoms with E-state index in [1.54, 1.807) is 25.4 Å². The molecule has 0 bridgehead atoms. The van der Waals surface area contributed by atoms with Crippen LogP contribution in [0.3, 0.4) is 0 Å². The van der Waals surface area contributed by atoms with Crippen LogP contribution in [0.5, 0.6) is 0 Å².